The van der Waals surface area contributed by atoms with Gasteiger partial charge in [-0.15, -0.1) is 24.0 Å². The van der Waals surface area contributed by atoms with Crippen LogP contribution in [-0.2, 0) is 6.54 Å². The second-order valence-electron chi connectivity index (χ2n) is 6.09. The van der Waals surface area contributed by atoms with Crippen molar-refractivity contribution in [2.24, 2.45) is 4.99 Å². The second kappa shape index (κ2) is 9.15. The molecule has 4 nitrogen and oxygen atoms in total. The Bertz CT molecular complexity index is 524. The van der Waals surface area contributed by atoms with E-state index < -0.39 is 0 Å². The van der Waals surface area contributed by atoms with Gasteiger partial charge in [0.15, 0.2) is 5.96 Å². The molecular weight excluding hydrogens is 399 g/mol. The van der Waals surface area contributed by atoms with Gasteiger partial charge in [-0.1, -0.05) is 37.1 Å². The van der Waals surface area contributed by atoms with Crippen LogP contribution >= 0.6 is 24.0 Å². The average Bonchev–Trinajstić information content (AvgIpc) is 3.25. The van der Waals surface area contributed by atoms with Gasteiger partial charge >= 0.3 is 0 Å². The standard InChI is InChI=1S/C18H26N4.HI/c1-19-18(21-16-6-2-3-7-16)20-14-15-8-10-17(11-9-15)22-12-4-5-13-22;/h4-5,8-11,16H,2-3,6-7,12-14H2,1H3,(H2,19,20,21);1H. The fraction of sp³-hybridized carbons (Fsp3) is 0.500. The number of rotatable bonds is 4. The van der Waals surface area contributed by atoms with Crippen molar-refractivity contribution in [2.45, 2.75) is 38.3 Å². The van der Waals surface area contributed by atoms with Crippen molar-refractivity contribution in [1.29, 1.82) is 0 Å². The molecule has 0 unspecified atom stereocenters. The number of benzene rings is 1. The first-order valence-corrected chi connectivity index (χ1v) is 8.31. The summed E-state index contributed by atoms with van der Waals surface area (Å²) in [6.07, 6.45) is 9.63. The minimum atomic E-state index is 0. The van der Waals surface area contributed by atoms with Gasteiger partial charge in [-0.05, 0) is 30.5 Å². The summed E-state index contributed by atoms with van der Waals surface area (Å²) in [7, 11) is 1.84. The zero-order valence-corrected chi connectivity index (χ0v) is 16.1. The Labute approximate surface area is 156 Å². The van der Waals surface area contributed by atoms with Gasteiger partial charge in [0.25, 0.3) is 0 Å². The maximum atomic E-state index is 4.33. The van der Waals surface area contributed by atoms with Crippen LogP contribution in [0.15, 0.2) is 41.4 Å². The number of guanidine groups is 1. The molecule has 1 fully saturated rings. The molecule has 1 saturated carbocycles. The highest BCUT2D eigenvalue weighted by atomic mass is 127. The fourth-order valence-electron chi connectivity index (χ4n) is 3.16. The minimum Gasteiger partial charge on any atom is -0.364 e. The lowest BCUT2D eigenvalue weighted by Gasteiger charge is -2.19. The second-order valence-corrected chi connectivity index (χ2v) is 6.09. The fourth-order valence-corrected chi connectivity index (χ4v) is 3.16. The third kappa shape index (κ3) is 5.12. The summed E-state index contributed by atoms with van der Waals surface area (Å²) in [6, 6.07) is 9.40. The van der Waals surface area contributed by atoms with E-state index in [4.69, 9.17) is 0 Å². The van der Waals surface area contributed by atoms with Crippen molar-refractivity contribution in [3.8, 4) is 0 Å². The molecule has 0 aromatic heterocycles. The summed E-state index contributed by atoms with van der Waals surface area (Å²) in [4.78, 5) is 6.68. The summed E-state index contributed by atoms with van der Waals surface area (Å²) in [6.45, 7) is 2.86. The van der Waals surface area contributed by atoms with Gasteiger partial charge in [0.1, 0.15) is 0 Å². The lowest BCUT2D eigenvalue weighted by atomic mass is 10.2. The van der Waals surface area contributed by atoms with Gasteiger partial charge in [-0.2, -0.15) is 0 Å². The molecule has 1 aromatic rings. The van der Waals surface area contributed by atoms with Gasteiger partial charge in [-0.25, -0.2) is 0 Å². The van der Waals surface area contributed by atoms with Gasteiger partial charge < -0.3 is 15.5 Å². The van der Waals surface area contributed by atoms with E-state index in [1.54, 1.807) is 0 Å². The summed E-state index contributed by atoms with van der Waals surface area (Å²) in [5.74, 6) is 0.916. The first kappa shape index (κ1) is 18.1. The molecule has 2 N–H and O–H groups in total. The Morgan fingerprint density at radius 1 is 1.13 bits per heavy atom. The quantitative estimate of drug-likeness (QED) is 0.336. The van der Waals surface area contributed by atoms with Crippen molar-refractivity contribution < 1.29 is 0 Å². The third-order valence-electron chi connectivity index (χ3n) is 4.50. The monoisotopic (exact) mass is 426 g/mol. The highest BCUT2D eigenvalue weighted by Crippen LogP contribution is 2.18. The largest absolute Gasteiger partial charge is 0.364 e. The van der Waals surface area contributed by atoms with E-state index in [0.717, 1.165) is 25.6 Å². The lowest BCUT2D eigenvalue weighted by molar-refractivity contribution is 0.613. The van der Waals surface area contributed by atoms with Crippen LogP contribution in [0.1, 0.15) is 31.2 Å². The Balaban J connectivity index is 0.00000192. The molecule has 2 aliphatic rings. The van der Waals surface area contributed by atoms with E-state index in [1.807, 2.05) is 7.05 Å². The number of hydrogen-bond acceptors (Lipinski definition) is 2. The van der Waals surface area contributed by atoms with Crippen LogP contribution in [0.4, 0.5) is 5.69 Å². The number of nitrogens with zero attached hydrogens (tertiary/aromatic N) is 2. The first-order chi connectivity index (χ1) is 10.8. The van der Waals surface area contributed by atoms with Crippen LogP contribution in [0.5, 0.6) is 0 Å². The number of nitrogens with one attached hydrogen (secondary N) is 2. The van der Waals surface area contributed by atoms with E-state index in [1.165, 1.54) is 36.9 Å². The van der Waals surface area contributed by atoms with Gasteiger partial charge in [0.05, 0.1) is 0 Å². The molecule has 3 rings (SSSR count). The van der Waals surface area contributed by atoms with Crippen LogP contribution in [0, 0.1) is 0 Å². The molecule has 1 aromatic carbocycles. The minimum absolute atomic E-state index is 0. The summed E-state index contributed by atoms with van der Waals surface area (Å²) in [5, 5.41) is 6.93. The number of anilines is 1. The SMILES string of the molecule is CN=C(NCc1ccc(N2CC=CC2)cc1)NC1CCCC1.I. The van der Waals surface area contributed by atoms with Crippen LogP contribution in [0.3, 0.4) is 0 Å². The molecule has 1 aliphatic carbocycles. The van der Waals surface area contributed by atoms with Crippen molar-refractivity contribution >= 4 is 35.6 Å². The first-order valence-electron chi connectivity index (χ1n) is 8.31. The molecule has 1 heterocycles. The third-order valence-corrected chi connectivity index (χ3v) is 4.50. The van der Waals surface area contributed by atoms with Crippen LogP contribution in [0.2, 0.25) is 0 Å². The number of aliphatic imine (C=N–C) groups is 1. The molecule has 23 heavy (non-hydrogen) atoms. The molecule has 126 valence electrons. The molecule has 0 bridgehead atoms. The molecule has 1 aliphatic heterocycles. The predicted octanol–water partition coefficient (Wildman–Crippen LogP) is 3.29. The predicted molar refractivity (Wildman–Crippen MR) is 109 cm³/mol. The number of hydrogen-bond donors (Lipinski definition) is 2. The smallest absolute Gasteiger partial charge is 0.191 e. The Morgan fingerprint density at radius 2 is 1.78 bits per heavy atom. The van der Waals surface area contributed by atoms with Crippen molar-refractivity contribution in [3.05, 3.63) is 42.0 Å². The molecular formula is C18H27IN4. The zero-order chi connectivity index (χ0) is 15.2. The van der Waals surface area contributed by atoms with Gasteiger partial charge in [0.2, 0.25) is 0 Å². The van der Waals surface area contributed by atoms with Crippen molar-refractivity contribution in [2.75, 3.05) is 25.0 Å². The summed E-state index contributed by atoms with van der Waals surface area (Å²) >= 11 is 0. The highest BCUT2D eigenvalue weighted by Gasteiger charge is 2.15. The zero-order valence-electron chi connectivity index (χ0n) is 13.8. The normalized spacial score (nSPS) is 18.1. The van der Waals surface area contributed by atoms with Crippen molar-refractivity contribution in [1.82, 2.24) is 10.6 Å². The summed E-state index contributed by atoms with van der Waals surface area (Å²) in [5.41, 5.74) is 2.58. The average molecular weight is 426 g/mol. The van der Waals surface area contributed by atoms with Crippen LogP contribution in [0.25, 0.3) is 0 Å². The van der Waals surface area contributed by atoms with E-state index in [0.29, 0.717) is 6.04 Å². The van der Waals surface area contributed by atoms with Crippen LogP contribution in [-0.4, -0.2) is 32.1 Å². The maximum Gasteiger partial charge on any atom is 0.191 e. The van der Waals surface area contributed by atoms with Gasteiger partial charge in [-0.3, -0.25) is 4.99 Å². The Hall–Kier alpha value is -1.24. The Morgan fingerprint density at radius 3 is 2.39 bits per heavy atom. The highest BCUT2D eigenvalue weighted by molar-refractivity contribution is 14.0. The molecule has 0 spiro atoms. The van der Waals surface area contributed by atoms with E-state index in [2.05, 4.69) is 56.9 Å². The molecule has 0 radical (unpaired) electrons. The van der Waals surface area contributed by atoms with E-state index in [-0.39, 0.29) is 24.0 Å². The molecule has 0 amide bonds. The van der Waals surface area contributed by atoms with Crippen molar-refractivity contribution in [3.63, 3.8) is 0 Å². The molecule has 0 atom stereocenters. The summed E-state index contributed by atoms with van der Waals surface area (Å²) < 4.78 is 0. The number of halogens is 1. The topological polar surface area (TPSA) is 39.7 Å². The molecule has 0 saturated heterocycles. The Kier molecular flexibility index (Phi) is 7.20. The van der Waals surface area contributed by atoms with Gasteiger partial charge in [0, 0.05) is 38.4 Å². The molecule has 5 heteroatoms. The van der Waals surface area contributed by atoms with E-state index >= 15 is 0 Å². The lowest BCUT2D eigenvalue weighted by Crippen LogP contribution is -2.41. The van der Waals surface area contributed by atoms with E-state index in [9.17, 15) is 0 Å². The van der Waals surface area contributed by atoms with Crippen LogP contribution < -0.4 is 15.5 Å². The maximum absolute atomic E-state index is 4.33.